The molecule has 0 saturated carbocycles. The first kappa shape index (κ1) is 19.7. The van der Waals surface area contributed by atoms with Gasteiger partial charge in [0.25, 0.3) is 0 Å². The van der Waals surface area contributed by atoms with Gasteiger partial charge < -0.3 is 20.4 Å². The molecule has 0 aromatic heterocycles. The second-order valence-corrected chi connectivity index (χ2v) is 4.92. The van der Waals surface area contributed by atoms with Gasteiger partial charge in [-0.3, -0.25) is 0 Å². The second kappa shape index (κ2) is 12.4. The molecule has 0 spiro atoms. The molecule has 0 aliphatic heterocycles. The minimum Gasteiger partial charge on any atom is -0.390 e. The molecule has 0 saturated heterocycles. The Morgan fingerprint density at radius 2 is 1.57 bits per heavy atom. The molecule has 0 rings (SSSR count). The lowest BCUT2D eigenvalue weighted by Gasteiger charge is -2.19. The maximum absolute atomic E-state index is 9.76. The summed E-state index contributed by atoms with van der Waals surface area (Å²) in [5.41, 5.74) is 0. The number of rotatable bonds is 9. The Bertz CT molecular complexity index is 396. The van der Waals surface area contributed by atoms with Gasteiger partial charge in [0.15, 0.2) is 0 Å². The maximum Gasteiger partial charge on any atom is 0.144 e. The highest BCUT2D eigenvalue weighted by Gasteiger charge is 2.22. The Morgan fingerprint density at radius 1 is 0.952 bits per heavy atom. The first-order valence-electron chi connectivity index (χ1n) is 7.38. The molecule has 21 heavy (non-hydrogen) atoms. The zero-order valence-corrected chi connectivity index (χ0v) is 12.6. The van der Waals surface area contributed by atoms with E-state index in [-0.39, 0.29) is 0 Å². The van der Waals surface area contributed by atoms with Crippen LogP contribution in [0.4, 0.5) is 0 Å². The minimum absolute atomic E-state index is 0.435. The smallest absolute Gasteiger partial charge is 0.144 e. The monoisotopic (exact) mass is 294 g/mol. The quantitative estimate of drug-likeness (QED) is 0.290. The topological polar surface area (TPSA) is 80.9 Å². The van der Waals surface area contributed by atoms with Gasteiger partial charge >= 0.3 is 0 Å². The summed E-state index contributed by atoms with van der Waals surface area (Å²) in [7, 11) is 0. The molecule has 0 aliphatic rings. The summed E-state index contributed by atoms with van der Waals surface area (Å²) in [4.78, 5) is 0. The standard InChI is InChI=1S/C17H26O4/c1-3-5-6-7-8-12-15(19)17(21)16(20)13-10-9-11-14(18)4-2/h4,14-21H,2-3,5-8,12H2,1H3/t14?,15-,16-,17-/m1/s1. The highest BCUT2D eigenvalue weighted by atomic mass is 16.4. The molecule has 0 bridgehead atoms. The molecule has 0 aromatic carbocycles. The maximum atomic E-state index is 9.76. The van der Waals surface area contributed by atoms with E-state index in [1.807, 2.05) is 0 Å². The van der Waals surface area contributed by atoms with Crippen molar-refractivity contribution >= 4 is 0 Å². The lowest BCUT2D eigenvalue weighted by atomic mass is 10.0. The third-order valence-corrected chi connectivity index (χ3v) is 3.05. The minimum atomic E-state index is -1.36. The highest BCUT2D eigenvalue weighted by Crippen LogP contribution is 2.11. The van der Waals surface area contributed by atoms with Crippen LogP contribution in [0.2, 0.25) is 0 Å². The molecule has 1 unspecified atom stereocenters. The van der Waals surface area contributed by atoms with Crippen LogP contribution < -0.4 is 0 Å². The summed E-state index contributed by atoms with van der Waals surface area (Å²) < 4.78 is 0. The van der Waals surface area contributed by atoms with Gasteiger partial charge in [-0.2, -0.15) is 0 Å². The van der Waals surface area contributed by atoms with Crippen LogP contribution in [0, 0.1) is 23.7 Å². The van der Waals surface area contributed by atoms with Crippen molar-refractivity contribution in [3.63, 3.8) is 0 Å². The SMILES string of the molecule is C=CC(O)C#CC#C[C@@H](O)[C@H](O)[C@H](O)CCCCCCC. The number of aliphatic hydroxyl groups is 4. The third-order valence-electron chi connectivity index (χ3n) is 3.05. The molecule has 4 nitrogen and oxygen atoms in total. The van der Waals surface area contributed by atoms with E-state index >= 15 is 0 Å². The Morgan fingerprint density at radius 3 is 2.19 bits per heavy atom. The van der Waals surface area contributed by atoms with Crippen LogP contribution in [0.25, 0.3) is 0 Å². The Labute approximate surface area is 127 Å². The molecule has 4 heteroatoms. The fourth-order valence-electron chi connectivity index (χ4n) is 1.70. The molecule has 4 atom stereocenters. The van der Waals surface area contributed by atoms with Gasteiger partial charge in [-0.1, -0.05) is 63.5 Å². The van der Waals surface area contributed by atoms with Gasteiger partial charge in [0, 0.05) is 0 Å². The number of hydrogen-bond acceptors (Lipinski definition) is 4. The van der Waals surface area contributed by atoms with Crippen LogP contribution in [0.1, 0.15) is 45.4 Å². The lowest BCUT2D eigenvalue weighted by Crippen LogP contribution is -2.36. The average Bonchev–Trinajstić information content (AvgIpc) is 2.49. The van der Waals surface area contributed by atoms with Crippen molar-refractivity contribution in [1.29, 1.82) is 0 Å². The zero-order chi connectivity index (χ0) is 16.1. The van der Waals surface area contributed by atoms with Crippen molar-refractivity contribution in [1.82, 2.24) is 0 Å². The van der Waals surface area contributed by atoms with Gasteiger partial charge in [0.05, 0.1) is 6.10 Å². The molecule has 0 aliphatic carbocycles. The molecule has 0 aromatic rings. The number of unbranched alkanes of at least 4 members (excludes halogenated alkanes) is 4. The van der Waals surface area contributed by atoms with Crippen molar-refractivity contribution in [2.75, 3.05) is 0 Å². The van der Waals surface area contributed by atoms with E-state index in [4.69, 9.17) is 5.11 Å². The van der Waals surface area contributed by atoms with E-state index in [1.165, 1.54) is 12.5 Å². The second-order valence-electron chi connectivity index (χ2n) is 4.92. The summed E-state index contributed by atoms with van der Waals surface area (Å²) in [6.07, 6.45) is 2.31. The number of aliphatic hydroxyl groups excluding tert-OH is 4. The lowest BCUT2D eigenvalue weighted by molar-refractivity contribution is -0.0415. The van der Waals surface area contributed by atoms with E-state index in [0.29, 0.717) is 6.42 Å². The van der Waals surface area contributed by atoms with Gasteiger partial charge in [-0.05, 0) is 18.3 Å². The van der Waals surface area contributed by atoms with Crippen molar-refractivity contribution in [2.45, 2.75) is 69.9 Å². The fourth-order valence-corrected chi connectivity index (χ4v) is 1.70. The van der Waals surface area contributed by atoms with Gasteiger partial charge in [-0.25, -0.2) is 0 Å². The van der Waals surface area contributed by atoms with Gasteiger partial charge in [0.2, 0.25) is 0 Å². The van der Waals surface area contributed by atoms with Crippen molar-refractivity contribution in [3.05, 3.63) is 12.7 Å². The van der Waals surface area contributed by atoms with Crippen molar-refractivity contribution in [3.8, 4) is 23.7 Å². The van der Waals surface area contributed by atoms with Crippen LogP contribution in [-0.4, -0.2) is 44.8 Å². The summed E-state index contributed by atoms with van der Waals surface area (Å²) in [6.45, 7) is 5.48. The molecule has 0 heterocycles. The van der Waals surface area contributed by atoms with Crippen LogP contribution >= 0.6 is 0 Å². The van der Waals surface area contributed by atoms with Crippen molar-refractivity contribution < 1.29 is 20.4 Å². The Balaban J connectivity index is 4.11. The largest absolute Gasteiger partial charge is 0.390 e. The molecular weight excluding hydrogens is 268 g/mol. The third kappa shape index (κ3) is 10.1. The zero-order valence-electron chi connectivity index (χ0n) is 12.6. The van der Waals surface area contributed by atoms with Gasteiger partial charge in [0.1, 0.15) is 18.3 Å². The van der Waals surface area contributed by atoms with E-state index in [9.17, 15) is 15.3 Å². The number of hydrogen-bond donors (Lipinski definition) is 4. The fraction of sp³-hybridized carbons (Fsp3) is 0.647. The first-order valence-corrected chi connectivity index (χ1v) is 7.38. The normalized spacial score (nSPS) is 15.7. The summed E-state index contributed by atoms with van der Waals surface area (Å²) in [5.74, 6) is 9.37. The first-order chi connectivity index (χ1) is 10.0. The van der Waals surface area contributed by atoms with Crippen LogP contribution in [0.5, 0.6) is 0 Å². The van der Waals surface area contributed by atoms with Crippen LogP contribution in [-0.2, 0) is 0 Å². The van der Waals surface area contributed by atoms with Crippen LogP contribution in [0.3, 0.4) is 0 Å². The van der Waals surface area contributed by atoms with Crippen molar-refractivity contribution in [2.24, 2.45) is 0 Å². The molecule has 0 radical (unpaired) electrons. The summed E-state index contributed by atoms with van der Waals surface area (Å²) in [5, 5.41) is 38.2. The molecule has 0 fully saturated rings. The van der Waals surface area contributed by atoms with E-state index in [2.05, 4.69) is 37.2 Å². The molecule has 4 N–H and O–H groups in total. The molecular formula is C17H26O4. The van der Waals surface area contributed by atoms with E-state index in [1.54, 1.807) is 0 Å². The Hall–Kier alpha value is -1.30. The van der Waals surface area contributed by atoms with Gasteiger partial charge in [-0.15, -0.1) is 0 Å². The molecule has 0 amide bonds. The predicted molar refractivity (Wildman–Crippen MR) is 83.2 cm³/mol. The molecule has 118 valence electrons. The Kier molecular flexibility index (Phi) is 11.7. The average molecular weight is 294 g/mol. The van der Waals surface area contributed by atoms with E-state index < -0.39 is 24.4 Å². The van der Waals surface area contributed by atoms with Crippen LogP contribution in [0.15, 0.2) is 12.7 Å². The summed E-state index contributed by atoms with van der Waals surface area (Å²) in [6, 6.07) is 0. The highest BCUT2D eigenvalue weighted by molar-refractivity contribution is 5.30. The predicted octanol–water partition coefficient (Wildman–Crippen LogP) is 0.983. The van der Waals surface area contributed by atoms with E-state index in [0.717, 1.165) is 25.7 Å². The summed E-state index contributed by atoms with van der Waals surface area (Å²) >= 11 is 0.